The van der Waals surface area contributed by atoms with E-state index in [-0.39, 0.29) is 29.6 Å². The topological polar surface area (TPSA) is 80.5 Å². The fraction of sp³-hybridized carbons (Fsp3) is 0.371. The van der Waals surface area contributed by atoms with Crippen LogP contribution in [0.15, 0.2) is 79.0 Å². The van der Waals surface area contributed by atoms with Crippen LogP contribution in [-0.2, 0) is 11.3 Å². The number of hydrogen-bond donors (Lipinski definition) is 3. The Morgan fingerprint density at radius 3 is 2.47 bits per heavy atom. The quantitative estimate of drug-likeness (QED) is 0.219. The standard InChI is InChI=1S/C35H40FN5O2/c1-24(31-22-37-32-10-3-2-9-30(31)32)33(34(42)38-29-8-6-7-25(21-29)23-40-17-4-5-18-40)39-35(43)41-19-15-27(16-20-41)26-11-13-28(36)14-12-26/h2-3,6-14,21-22,24,27,33,37H,4-5,15-20,23H2,1H3,(H,38,42)(H,39,43)/t24-,33+/m0/s1. The molecule has 0 spiro atoms. The Hall–Kier alpha value is -4.17. The van der Waals surface area contributed by atoms with E-state index in [0.29, 0.717) is 13.1 Å². The van der Waals surface area contributed by atoms with Gasteiger partial charge in [-0.25, -0.2) is 9.18 Å². The molecule has 2 fully saturated rings. The number of urea groups is 1. The molecule has 3 heterocycles. The van der Waals surface area contributed by atoms with Crippen LogP contribution in [-0.4, -0.2) is 58.9 Å². The predicted molar refractivity (Wildman–Crippen MR) is 169 cm³/mol. The summed E-state index contributed by atoms with van der Waals surface area (Å²) in [5.74, 6) is -0.496. The lowest BCUT2D eigenvalue weighted by atomic mass is 9.89. The van der Waals surface area contributed by atoms with Gasteiger partial charge in [-0.3, -0.25) is 9.69 Å². The molecule has 1 aromatic heterocycles. The number of benzene rings is 3. The van der Waals surface area contributed by atoms with Crippen molar-refractivity contribution in [2.45, 2.75) is 57.0 Å². The summed E-state index contributed by atoms with van der Waals surface area (Å²) < 4.78 is 13.4. The fourth-order valence-corrected chi connectivity index (χ4v) is 6.61. The van der Waals surface area contributed by atoms with Crippen LogP contribution in [0.25, 0.3) is 10.9 Å². The van der Waals surface area contributed by atoms with Crippen molar-refractivity contribution in [2.24, 2.45) is 0 Å². The highest BCUT2D eigenvalue weighted by Gasteiger charge is 2.32. The average Bonchev–Trinajstić information content (AvgIpc) is 3.70. The van der Waals surface area contributed by atoms with E-state index in [9.17, 15) is 14.0 Å². The molecule has 3 amide bonds. The second kappa shape index (κ2) is 13.0. The summed E-state index contributed by atoms with van der Waals surface area (Å²) in [5.41, 5.74) is 4.96. The van der Waals surface area contributed by atoms with Crippen LogP contribution in [0.1, 0.15) is 61.1 Å². The largest absolute Gasteiger partial charge is 0.361 e. The van der Waals surface area contributed by atoms with Gasteiger partial charge in [-0.2, -0.15) is 0 Å². The van der Waals surface area contributed by atoms with Gasteiger partial charge in [0.25, 0.3) is 0 Å². The summed E-state index contributed by atoms with van der Waals surface area (Å²) in [4.78, 5) is 35.1. The number of amides is 3. The van der Waals surface area contributed by atoms with Crippen molar-refractivity contribution < 1.29 is 14.0 Å². The maximum absolute atomic E-state index is 13.9. The minimum atomic E-state index is -0.788. The van der Waals surface area contributed by atoms with Crippen LogP contribution in [0, 0.1) is 5.82 Å². The molecule has 0 aliphatic carbocycles. The van der Waals surface area contributed by atoms with E-state index in [1.54, 1.807) is 4.90 Å². The second-order valence-electron chi connectivity index (χ2n) is 12.0. The first-order valence-electron chi connectivity index (χ1n) is 15.4. The summed E-state index contributed by atoms with van der Waals surface area (Å²) in [7, 11) is 0. The van der Waals surface area contributed by atoms with Crippen molar-refractivity contribution in [2.75, 3.05) is 31.5 Å². The van der Waals surface area contributed by atoms with Gasteiger partial charge in [-0.1, -0.05) is 49.4 Å². The van der Waals surface area contributed by atoms with E-state index in [1.165, 1.54) is 25.0 Å². The van der Waals surface area contributed by atoms with E-state index < -0.39 is 6.04 Å². The molecule has 8 heteroatoms. The molecular weight excluding hydrogens is 541 g/mol. The number of halogens is 1. The zero-order valence-corrected chi connectivity index (χ0v) is 24.7. The van der Waals surface area contributed by atoms with Crippen molar-refractivity contribution in [3.8, 4) is 0 Å². The molecule has 0 unspecified atom stereocenters. The molecule has 2 aliphatic rings. The van der Waals surface area contributed by atoms with Gasteiger partial charge in [-0.05, 0) is 91.7 Å². The molecule has 2 atom stereocenters. The summed E-state index contributed by atoms with van der Waals surface area (Å²) in [6.45, 7) is 6.21. The van der Waals surface area contributed by atoms with Gasteiger partial charge in [0.05, 0.1) is 0 Å². The molecule has 2 saturated heterocycles. The van der Waals surface area contributed by atoms with Crippen LogP contribution in [0.4, 0.5) is 14.9 Å². The van der Waals surface area contributed by atoms with Gasteiger partial charge in [-0.15, -0.1) is 0 Å². The highest BCUT2D eigenvalue weighted by Crippen LogP contribution is 2.30. The second-order valence-corrected chi connectivity index (χ2v) is 12.0. The van der Waals surface area contributed by atoms with Crippen molar-refractivity contribution in [1.82, 2.24) is 20.1 Å². The van der Waals surface area contributed by atoms with Crippen molar-refractivity contribution in [1.29, 1.82) is 0 Å². The average molecular weight is 582 g/mol. The zero-order valence-electron chi connectivity index (χ0n) is 24.7. The molecule has 0 radical (unpaired) electrons. The van der Waals surface area contributed by atoms with Gasteiger partial charge in [0.15, 0.2) is 0 Å². The van der Waals surface area contributed by atoms with Crippen LogP contribution < -0.4 is 10.6 Å². The number of carbonyl (C=O) groups excluding carboxylic acids is 2. The Kier molecular flexibility index (Phi) is 8.74. The number of likely N-dealkylation sites (tertiary alicyclic amines) is 2. The first-order valence-corrected chi connectivity index (χ1v) is 15.4. The smallest absolute Gasteiger partial charge is 0.318 e. The Labute approximate surface area is 252 Å². The Bertz CT molecular complexity index is 1550. The third kappa shape index (κ3) is 6.75. The van der Waals surface area contributed by atoms with Gasteiger partial charge in [0.2, 0.25) is 5.91 Å². The van der Waals surface area contributed by atoms with Gasteiger partial charge in [0.1, 0.15) is 11.9 Å². The van der Waals surface area contributed by atoms with E-state index in [2.05, 4.69) is 26.6 Å². The number of anilines is 1. The molecule has 0 saturated carbocycles. The molecule has 43 heavy (non-hydrogen) atoms. The van der Waals surface area contributed by atoms with Crippen LogP contribution >= 0.6 is 0 Å². The van der Waals surface area contributed by atoms with E-state index >= 15 is 0 Å². The first-order chi connectivity index (χ1) is 20.9. The van der Waals surface area contributed by atoms with Crippen molar-refractivity contribution >= 4 is 28.5 Å². The number of para-hydroxylation sites is 1. The van der Waals surface area contributed by atoms with Crippen LogP contribution in [0.3, 0.4) is 0 Å². The monoisotopic (exact) mass is 581 g/mol. The third-order valence-electron chi connectivity index (χ3n) is 9.10. The lowest BCUT2D eigenvalue weighted by Crippen LogP contribution is -2.53. The normalized spacial score (nSPS) is 17.6. The fourth-order valence-electron chi connectivity index (χ4n) is 6.61. The van der Waals surface area contributed by atoms with Crippen LogP contribution in [0.2, 0.25) is 0 Å². The molecule has 3 N–H and O–H groups in total. The highest BCUT2D eigenvalue weighted by atomic mass is 19.1. The zero-order chi connectivity index (χ0) is 29.8. The Balaban J connectivity index is 1.18. The Morgan fingerprint density at radius 1 is 0.953 bits per heavy atom. The highest BCUT2D eigenvalue weighted by molar-refractivity contribution is 5.98. The van der Waals surface area contributed by atoms with Gasteiger partial charge < -0.3 is 20.5 Å². The van der Waals surface area contributed by atoms with Gasteiger partial charge >= 0.3 is 6.03 Å². The van der Waals surface area contributed by atoms with Gasteiger partial charge in [0, 0.05) is 48.3 Å². The van der Waals surface area contributed by atoms with Crippen molar-refractivity contribution in [3.05, 3.63) is 102 Å². The molecule has 6 rings (SSSR count). The number of aromatic amines is 1. The number of nitrogens with one attached hydrogen (secondary N) is 3. The molecule has 0 bridgehead atoms. The maximum Gasteiger partial charge on any atom is 0.318 e. The number of fused-ring (bicyclic) bond motifs is 1. The number of nitrogens with zero attached hydrogens (tertiary/aromatic N) is 2. The summed E-state index contributed by atoms with van der Waals surface area (Å²) >= 11 is 0. The Morgan fingerprint density at radius 2 is 1.70 bits per heavy atom. The van der Waals surface area contributed by atoms with E-state index in [1.807, 2.05) is 67.7 Å². The number of aromatic nitrogens is 1. The van der Waals surface area contributed by atoms with E-state index in [4.69, 9.17) is 0 Å². The summed E-state index contributed by atoms with van der Waals surface area (Å²) in [6, 6.07) is 21.6. The molecule has 3 aromatic carbocycles. The summed E-state index contributed by atoms with van der Waals surface area (Å²) in [6.07, 6.45) is 5.98. The third-order valence-corrected chi connectivity index (χ3v) is 9.10. The SMILES string of the molecule is C[C@@H](c1c[nH]c2ccccc12)[C@@H](NC(=O)N1CCC(c2ccc(F)cc2)CC1)C(=O)Nc1cccc(CN2CCCC2)c1. The minimum absolute atomic E-state index is 0.243. The molecule has 4 aromatic rings. The predicted octanol–water partition coefficient (Wildman–Crippen LogP) is 6.60. The molecule has 7 nitrogen and oxygen atoms in total. The first kappa shape index (κ1) is 28.9. The number of carbonyl (C=O) groups is 2. The lowest BCUT2D eigenvalue weighted by Gasteiger charge is -2.34. The number of H-pyrrole nitrogens is 1. The number of hydrogen-bond acceptors (Lipinski definition) is 3. The molecule has 2 aliphatic heterocycles. The molecule has 224 valence electrons. The maximum atomic E-state index is 13.9. The van der Waals surface area contributed by atoms with Crippen LogP contribution in [0.5, 0.6) is 0 Å². The number of rotatable bonds is 8. The van der Waals surface area contributed by atoms with Crippen molar-refractivity contribution in [3.63, 3.8) is 0 Å². The lowest BCUT2D eigenvalue weighted by molar-refractivity contribution is -0.118. The number of piperidine rings is 1. The minimum Gasteiger partial charge on any atom is -0.361 e. The summed E-state index contributed by atoms with van der Waals surface area (Å²) in [5, 5.41) is 7.24. The van der Waals surface area contributed by atoms with E-state index in [0.717, 1.165) is 65.8 Å². The molecular formula is C35H40FN5O2.